The topological polar surface area (TPSA) is 68.2 Å². The van der Waals surface area contributed by atoms with Gasteiger partial charge in [0.05, 0.1) is 18.5 Å². The van der Waals surface area contributed by atoms with Crippen molar-refractivity contribution in [3.8, 4) is 0 Å². The van der Waals surface area contributed by atoms with Crippen molar-refractivity contribution in [3.05, 3.63) is 12.4 Å². The van der Waals surface area contributed by atoms with Crippen LogP contribution in [0.2, 0.25) is 0 Å². The molecule has 0 aliphatic carbocycles. The predicted molar refractivity (Wildman–Crippen MR) is 59.1 cm³/mol. The van der Waals surface area contributed by atoms with Crippen LogP contribution in [0.25, 0.3) is 0 Å². The van der Waals surface area contributed by atoms with Crippen LogP contribution in [0.1, 0.15) is 6.92 Å². The number of anilines is 1. The minimum Gasteiger partial charge on any atom is -0.366 e. The molecule has 16 heavy (non-hydrogen) atoms. The summed E-state index contributed by atoms with van der Waals surface area (Å²) in [5.41, 5.74) is 0.709. The van der Waals surface area contributed by atoms with Crippen molar-refractivity contribution < 1.29 is 9.53 Å². The number of carbonyl (C=O) groups is 1. The maximum absolute atomic E-state index is 11.8. The molecule has 1 fully saturated rings. The number of ether oxygens (including phenoxy) is 1. The average Bonchev–Trinajstić information content (AvgIpc) is 2.78. The Morgan fingerprint density at radius 3 is 3.31 bits per heavy atom. The molecular formula is C10H16N4O2. The van der Waals surface area contributed by atoms with Crippen molar-refractivity contribution in [2.45, 2.75) is 19.6 Å². The molecule has 1 aromatic heterocycles. The van der Waals surface area contributed by atoms with Gasteiger partial charge in [-0.2, -0.15) is 5.10 Å². The van der Waals surface area contributed by atoms with Gasteiger partial charge in [-0.1, -0.05) is 0 Å². The number of hydrogen-bond donors (Lipinski definition) is 2. The molecule has 0 bridgehead atoms. The highest BCUT2D eigenvalue weighted by Gasteiger charge is 2.21. The summed E-state index contributed by atoms with van der Waals surface area (Å²) < 4.78 is 7.10. The van der Waals surface area contributed by atoms with Gasteiger partial charge in [-0.15, -0.1) is 0 Å². The Morgan fingerprint density at radius 1 is 1.81 bits per heavy atom. The number of aryl methyl sites for hydroxylation is 1. The second-order valence-electron chi connectivity index (χ2n) is 3.64. The molecule has 1 atom stereocenters. The van der Waals surface area contributed by atoms with Crippen molar-refractivity contribution in [1.29, 1.82) is 0 Å². The standard InChI is InChI=1S/C10H16N4O2/c1-2-14-7-8(5-12-14)13-10(15)9-6-11-3-4-16-9/h5,7,9,11H,2-4,6H2,1H3,(H,13,15)/t9-/m0/s1. The highest BCUT2D eigenvalue weighted by molar-refractivity contribution is 5.94. The Hall–Kier alpha value is -1.40. The second kappa shape index (κ2) is 5.09. The van der Waals surface area contributed by atoms with Crippen LogP contribution in [0.5, 0.6) is 0 Å². The number of hydrogen-bond acceptors (Lipinski definition) is 4. The van der Waals surface area contributed by atoms with Gasteiger partial charge in [0.1, 0.15) is 6.10 Å². The molecule has 0 aromatic carbocycles. The maximum atomic E-state index is 11.8. The summed E-state index contributed by atoms with van der Waals surface area (Å²) in [4.78, 5) is 11.8. The van der Waals surface area contributed by atoms with Gasteiger partial charge in [-0.25, -0.2) is 0 Å². The van der Waals surface area contributed by atoms with Crippen molar-refractivity contribution in [2.75, 3.05) is 25.0 Å². The Kier molecular flexibility index (Phi) is 3.53. The first kappa shape index (κ1) is 11.1. The molecule has 2 N–H and O–H groups in total. The molecule has 1 saturated heterocycles. The van der Waals surface area contributed by atoms with E-state index in [1.807, 2.05) is 6.92 Å². The smallest absolute Gasteiger partial charge is 0.254 e. The van der Waals surface area contributed by atoms with E-state index in [1.165, 1.54) is 0 Å². The first-order valence-corrected chi connectivity index (χ1v) is 5.45. The number of nitrogens with one attached hydrogen (secondary N) is 2. The van der Waals surface area contributed by atoms with Gasteiger partial charge in [0.2, 0.25) is 0 Å². The van der Waals surface area contributed by atoms with Crippen molar-refractivity contribution in [3.63, 3.8) is 0 Å². The first-order valence-electron chi connectivity index (χ1n) is 5.45. The van der Waals surface area contributed by atoms with E-state index in [1.54, 1.807) is 17.1 Å². The Bertz CT molecular complexity index is 357. The Balaban J connectivity index is 1.90. The molecule has 0 unspecified atom stereocenters. The van der Waals surface area contributed by atoms with Gasteiger partial charge >= 0.3 is 0 Å². The van der Waals surface area contributed by atoms with Crippen LogP contribution in [0.4, 0.5) is 5.69 Å². The van der Waals surface area contributed by atoms with Crippen molar-refractivity contribution in [1.82, 2.24) is 15.1 Å². The van der Waals surface area contributed by atoms with Gasteiger partial charge in [0, 0.05) is 25.8 Å². The molecule has 1 aliphatic heterocycles. The largest absolute Gasteiger partial charge is 0.366 e. The number of morpholine rings is 1. The average molecular weight is 224 g/mol. The van der Waals surface area contributed by atoms with Crippen LogP contribution in [0.15, 0.2) is 12.4 Å². The summed E-state index contributed by atoms with van der Waals surface area (Å²) in [6.07, 6.45) is 3.03. The highest BCUT2D eigenvalue weighted by Crippen LogP contribution is 2.07. The molecule has 2 rings (SSSR count). The van der Waals surface area contributed by atoms with E-state index in [9.17, 15) is 4.79 Å². The molecule has 2 heterocycles. The molecule has 1 aromatic rings. The van der Waals surface area contributed by atoms with Gasteiger partial charge in [0.25, 0.3) is 5.91 Å². The van der Waals surface area contributed by atoms with Gasteiger partial charge in [0.15, 0.2) is 0 Å². The summed E-state index contributed by atoms with van der Waals surface area (Å²) in [5, 5.41) is 9.97. The van der Waals surface area contributed by atoms with Crippen LogP contribution >= 0.6 is 0 Å². The third kappa shape index (κ3) is 2.59. The summed E-state index contributed by atoms with van der Waals surface area (Å²) in [6, 6.07) is 0. The van der Waals surface area contributed by atoms with E-state index in [-0.39, 0.29) is 5.91 Å². The van der Waals surface area contributed by atoms with Crippen LogP contribution in [0.3, 0.4) is 0 Å². The highest BCUT2D eigenvalue weighted by atomic mass is 16.5. The maximum Gasteiger partial charge on any atom is 0.254 e. The van der Waals surface area contributed by atoms with E-state index in [0.717, 1.165) is 13.1 Å². The molecule has 0 saturated carbocycles. The number of rotatable bonds is 3. The first-order chi connectivity index (χ1) is 7.79. The Labute approximate surface area is 94.0 Å². The quantitative estimate of drug-likeness (QED) is 0.748. The van der Waals surface area contributed by atoms with Crippen LogP contribution in [0, 0.1) is 0 Å². The van der Waals surface area contributed by atoms with Gasteiger partial charge in [-0.3, -0.25) is 9.48 Å². The van der Waals surface area contributed by atoms with E-state index < -0.39 is 6.10 Å². The lowest BCUT2D eigenvalue weighted by molar-refractivity contribution is -0.128. The molecule has 1 aliphatic rings. The summed E-state index contributed by atoms with van der Waals surface area (Å²) in [7, 11) is 0. The lowest BCUT2D eigenvalue weighted by atomic mass is 10.3. The third-order valence-electron chi connectivity index (χ3n) is 2.44. The molecular weight excluding hydrogens is 208 g/mol. The Morgan fingerprint density at radius 2 is 2.69 bits per heavy atom. The van der Waals surface area contributed by atoms with Gasteiger partial charge < -0.3 is 15.4 Å². The van der Waals surface area contributed by atoms with Gasteiger partial charge in [-0.05, 0) is 6.92 Å². The zero-order valence-corrected chi connectivity index (χ0v) is 9.27. The van der Waals surface area contributed by atoms with E-state index in [2.05, 4.69) is 15.7 Å². The SMILES string of the molecule is CCn1cc(NC(=O)[C@@H]2CNCCO2)cn1. The zero-order valence-electron chi connectivity index (χ0n) is 9.27. The molecule has 88 valence electrons. The number of aromatic nitrogens is 2. The predicted octanol–water partition coefficient (Wildman–Crippen LogP) is -0.170. The summed E-state index contributed by atoms with van der Waals surface area (Å²) >= 11 is 0. The number of amides is 1. The molecule has 0 spiro atoms. The molecule has 0 radical (unpaired) electrons. The third-order valence-corrected chi connectivity index (χ3v) is 2.44. The monoisotopic (exact) mass is 224 g/mol. The zero-order chi connectivity index (χ0) is 11.4. The lowest BCUT2D eigenvalue weighted by Gasteiger charge is -2.22. The van der Waals surface area contributed by atoms with Crippen LogP contribution in [-0.2, 0) is 16.1 Å². The van der Waals surface area contributed by atoms with E-state index in [0.29, 0.717) is 18.8 Å². The minimum absolute atomic E-state index is 0.122. The molecule has 6 nitrogen and oxygen atoms in total. The molecule has 1 amide bonds. The normalized spacial score (nSPS) is 20.7. The fraction of sp³-hybridized carbons (Fsp3) is 0.600. The fourth-order valence-corrected chi connectivity index (χ4v) is 1.56. The van der Waals surface area contributed by atoms with Crippen LogP contribution < -0.4 is 10.6 Å². The number of carbonyl (C=O) groups excluding carboxylic acids is 1. The van der Waals surface area contributed by atoms with E-state index in [4.69, 9.17) is 4.74 Å². The summed E-state index contributed by atoms with van der Waals surface area (Å²) in [6.45, 7) is 4.72. The minimum atomic E-state index is -0.404. The summed E-state index contributed by atoms with van der Waals surface area (Å²) in [5.74, 6) is -0.122. The van der Waals surface area contributed by atoms with Crippen LogP contribution in [-0.4, -0.2) is 41.5 Å². The molecule has 6 heteroatoms. The van der Waals surface area contributed by atoms with E-state index >= 15 is 0 Å². The second-order valence-corrected chi connectivity index (χ2v) is 3.64. The number of nitrogens with zero attached hydrogens (tertiary/aromatic N) is 2. The van der Waals surface area contributed by atoms with Crippen molar-refractivity contribution >= 4 is 11.6 Å². The van der Waals surface area contributed by atoms with Crippen molar-refractivity contribution in [2.24, 2.45) is 0 Å². The lowest BCUT2D eigenvalue weighted by Crippen LogP contribution is -2.45. The fourth-order valence-electron chi connectivity index (χ4n) is 1.56.